The fourth-order valence-corrected chi connectivity index (χ4v) is 4.28. The lowest BCUT2D eigenvalue weighted by atomic mass is 10.0. The van der Waals surface area contributed by atoms with E-state index in [1.165, 1.54) is 5.56 Å². The largest absolute Gasteiger partial charge is 0.336 e. The highest BCUT2D eigenvalue weighted by molar-refractivity contribution is 5.92. The van der Waals surface area contributed by atoms with E-state index in [4.69, 9.17) is 0 Å². The molecule has 0 saturated carbocycles. The van der Waals surface area contributed by atoms with Crippen LogP contribution in [0.15, 0.2) is 48.8 Å². The zero-order valence-corrected chi connectivity index (χ0v) is 18.9. The van der Waals surface area contributed by atoms with Crippen LogP contribution in [0.4, 0.5) is 0 Å². The van der Waals surface area contributed by atoms with Gasteiger partial charge in [0.2, 0.25) is 0 Å². The van der Waals surface area contributed by atoms with Crippen LogP contribution in [-0.4, -0.2) is 61.2 Å². The molecule has 0 spiro atoms. The second-order valence-electron chi connectivity index (χ2n) is 8.46. The number of benzene rings is 1. The van der Waals surface area contributed by atoms with Crippen molar-refractivity contribution in [2.24, 2.45) is 7.05 Å². The molecule has 1 fully saturated rings. The number of nitrogens with zero attached hydrogens (tertiary/aromatic N) is 6. The van der Waals surface area contributed by atoms with Gasteiger partial charge in [-0.05, 0) is 24.5 Å². The maximum absolute atomic E-state index is 13.3. The van der Waals surface area contributed by atoms with E-state index >= 15 is 0 Å². The Morgan fingerprint density at radius 2 is 1.81 bits per heavy atom. The van der Waals surface area contributed by atoms with E-state index in [9.17, 15) is 4.79 Å². The summed E-state index contributed by atoms with van der Waals surface area (Å²) >= 11 is 0. The van der Waals surface area contributed by atoms with Crippen LogP contribution in [0.3, 0.4) is 0 Å². The van der Waals surface area contributed by atoms with E-state index < -0.39 is 0 Å². The first-order valence-corrected chi connectivity index (χ1v) is 11.1. The van der Waals surface area contributed by atoms with Crippen molar-refractivity contribution in [2.45, 2.75) is 39.3 Å². The third kappa shape index (κ3) is 4.28. The lowest BCUT2D eigenvalue weighted by Crippen LogP contribution is -2.50. The minimum Gasteiger partial charge on any atom is -0.336 e. The monoisotopic (exact) mass is 420 g/mol. The molecular formula is C24H32N6O. The molecule has 0 bridgehead atoms. The first kappa shape index (κ1) is 21.3. The van der Waals surface area contributed by atoms with Gasteiger partial charge < -0.3 is 9.47 Å². The van der Waals surface area contributed by atoms with E-state index in [2.05, 4.69) is 57.7 Å². The van der Waals surface area contributed by atoms with Gasteiger partial charge in [-0.2, -0.15) is 5.10 Å². The zero-order chi connectivity index (χ0) is 22.0. The van der Waals surface area contributed by atoms with Crippen molar-refractivity contribution >= 4 is 5.91 Å². The number of rotatable bonds is 6. The van der Waals surface area contributed by atoms with Crippen molar-refractivity contribution < 1.29 is 4.79 Å². The summed E-state index contributed by atoms with van der Waals surface area (Å²) in [6.45, 7) is 9.93. The van der Waals surface area contributed by atoms with Crippen LogP contribution in [0.2, 0.25) is 0 Å². The summed E-state index contributed by atoms with van der Waals surface area (Å²) in [6, 6.07) is 12.5. The molecule has 7 nitrogen and oxygen atoms in total. The molecule has 1 saturated heterocycles. The lowest BCUT2D eigenvalue weighted by molar-refractivity contribution is 0.0578. The number of carbonyl (C=O) groups excluding carboxylic acids is 1. The molecule has 164 valence electrons. The van der Waals surface area contributed by atoms with Gasteiger partial charge >= 0.3 is 0 Å². The average Bonchev–Trinajstić information content (AvgIpc) is 3.41. The molecule has 3 aromatic rings. The zero-order valence-electron chi connectivity index (χ0n) is 18.9. The van der Waals surface area contributed by atoms with E-state index in [1.54, 1.807) is 0 Å². The molecule has 2 aromatic heterocycles. The van der Waals surface area contributed by atoms with Gasteiger partial charge in [-0.15, -0.1) is 0 Å². The Balaban J connectivity index is 1.52. The Morgan fingerprint density at radius 1 is 1.10 bits per heavy atom. The van der Waals surface area contributed by atoms with Crippen molar-refractivity contribution in [1.82, 2.24) is 29.1 Å². The van der Waals surface area contributed by atoms with Gasteiger partial charge in [0.25, 0.3) is 5.91 Å². The molecule has 31 heavy (non-hydrogen) atoms. The Morgan fingerprint density at radius 3 is 2.39 bits per heavy atom. The molecule has 1 aliphatic rings. The summed E-state index contributed by atoms with van der Waals surface area (Å²) in [5.74, 6) is 1.41. The number of aromatic nitrogens is 4. The second kappa shape index (κ2) is 9.06. The van der Waals surface area contributed by atoms with Gasteiger partial charge in [0.15, 0.2) is 0 Å². The molecule has 1 atom stereocenters. The fraction of sp³-hybridized carbons (Fsp3) is 0.458. The summed E-state index contributed by atoms with van der Waals surface area (Å²) < 4.78 is 3.92. The third-order valence-corrected chi connectivity index (χ3v) is 6.09. The fourth-order valence-electron chi connectivity index (χ4n) is 4.28. The molecule has 0 aliphatic carbocycles. The molecular weight excluding hydrogens is 388 g/mol. The van der Waals surface area contributed by atoms with Crippen LogP contribution in [0.1, 0.15) is 60.3 Å². The number of aryl methyl sites for hydroxylation is 2. The summed E-state index contributed by atoms with van der Waals surface area (Å²) in [5.41, 5.74) is 2.90. The summed E-state index contributed by atoms with van der Waals surface area (Å²) in [7, 11) is 2.04. The molecule has 0 radical (unpaired) electrons. The normalized spacial score (nSPS) is 16.1. The van der Waals surface area contributed by atoms with Crippen LogP contribution in [0, 0.1) is 0 Å². The highest BCUT2D eigenvalue weighted by atomic mass is 16.2. The number of carbonyl (C=O) groups is 1. The predicted molar refractivity (Wildman–Crippen MR) is 121 cm³/mol. The first-order valence-electron chi connectivity index (χ1n) is 11.1. The van der Waals surface area contributed by atoms with Crippen molar-refractivity contribution in [1.29, 1.82) is 0 Å². The van der Waals surface area contributed by atoms with Gasteiger partial charge in [0, 0.05) is 52.2 Å². The maximum atomic E-state index is 13.3. The van der Waals surface area contributed by atoms with Gasteiger partial charge in [-0.3, -0.25) is 14.4 Å². The van der Waals surface area contributed by atoms with Crippen molar-refractivity contribution in [3.8, 4) is 0 Å². The number of amides is 1. The minimum absolute atomic E-state index is 0.0761. The topological polar surface area (TPSA) is 59.2 Å². The second-order valence-corrected chi connectivity index (χ2v) is 8.46. The molecule has 1 aliphatic heterocycles. The smallest absolute Gasteiger partial charge is 0.272 e. The quantitative estimate of drug-likeness (QED) is 0.614. The lowest BCUT2D eigenvalue weighted by Gasteiger charge is -2.39. The van der Waals surface area contributed by atoms with Crippen LogP contribution in [-0.2, 0) is 13.6 Å². The maximum Gasteiger partial charge on any atom is 0.272 e. The van der Waals surface area contributed by atoms with Crippen LogP contribution in [0.5, 0.6) is 0 Å². The van der Waals surface area contributed by atoms with Crippen molar-refractivity contribution in [2.75, 3.05) is 26.2 Å². The van der Waals surface area contributed by atoms with E-state index in [-0.39, 0.29) is 11.9 Å². The minimum atomic E-state index is 0.0761. The van der Waals surface area contributed by atoms with Gasteiger partial charge in [0.05, 0.1) is 11.7 Å². The van der Waals surface area contributed by atoms with E-state index in [0.29, 0.717) is 31.2 Å². The molecule has 3 heterocycles. The van der Waals surface area contributed by atoms with Gasteiger partial charge in [-0.25, -0.2) is 4.98 Å². The van der Waals surface area contributed by atoms with Crippen LogP contribution in [0.25, 0.3) is 0 Å². The molecule has 7 heteroatoms. The van der Waals surface area contributed by atoms with Crippen molar-refractivity contribution in [3.63, 3.8) is 0 Å². The Hall–Kier alpha value is -2.93. The number of hydrogen-bond acceptors (Lipinski definition) is 4. The molecule has 4 rings (SSSR count). The summed E-state index contributed by atoms with van der Waals surface area (Å²) in [5, 5.41) is 4.62. The number of piperazine rings is 1. The third-order valence-electron chi connectivity index (χ3n) is 6.09. The standard InChI is InChI=1S/C24H32N6O/c1-5-30-21(17-20(26-30)18(2)3)24(31)29-15-13-28(14-16-29)22(19-9-7-6-8-10-19)23-25-11-12-27(23)4/h6-12,17-18,22H,5,13-16H2,1-4H3/t22-/m1/s1. The Bertz CT molecular complexity index is 1010. The average molecular weight is 421 g/mol. The van der Waals surface area contributed by atoms with E-state index in [0.717, 1.165) is 24.6 Å². The predicted octanol–water partition coefficient (Wildman–Crippen LogP) is 3.31. The van der Waals surface area contributed by atoms with E-state index in [1.807, 2.05) is 48.1 Å². The van der Waals surface area contributed by atoms with Gasteiger partial charge in [0.1, 0.15) is 11.5 Å². The highest BCUT2D eigenvalue weighted by Crippen LogP contribution is 2.28. The summed E-state index contributed by atoms with van der Waals surface area (Å²) in [6.07, 6.45) is 3.84. The summed E-state index contributed by atoms with van der Waals surface area (Å²) in [4.78, 5) is 22.3. The van der Waals surface area contributed by atoms with Crippen LogP contribution < -0.4 is 0 Å². The molecule has 0 unspecified atom stereocenters. The highest BCUT2D eigenvalue weighted by Gasteiger charge is 2.31. The Labute approximate surface area is 184 Å². The Kier molecular flexibility index (Phi) is 6.23. The first-order chi connectivity index (χ1) is 15.0. The SMILES string of the molecule is CCn1nc(C(C)C)cc1C(=O)N1CCN([C@H](c2ccccc2)c2nccn2C)CC1. The van der Waals surface area contributed by atoms with Gasteiger partial charge in [-0.1, -0.05) is 44.2 Å². The molecule has 1 aromatic carbocycles. The van der Waals surface area contributed by atoms with Crippen LogP contribution >= 0.6 is 0 Å². The van der Waals surface area contributed by atoms with Crippen molar-refractivity contribution in [3.05, 3.63) is 71.6 Å². The molecule has 0 N–H and O–H groups in total. The number of imidazole rings is 1. The number of hydrogen-bond donors (Lipinski definition) is 0. The molecule has 1 amide bonds.